The van der Waals surface area contributed by atoms with Crippen LogP contribution in [-0.4, -0.2) is 11.8 Å². The van der Waals surface area contributed by atoms with E-state index in [-0.39, 0.29) is 33.9 Å². The Morgan fingerprint density at radius 2 is 1.69 bits per heavy atom. The van der Waals surface area contributed by atoms with Gasteiger partial charge in [-0.3, -0.25) is 9.59 Å². The maximum atomic E-state index is 14.2. The summed E-state index contributed by atoms with van der Waals surface area (Å²) in [6.07, 6.45) is 10.2. The molecule has 5 aliphatic rings. The van der Waals surface area contributed by atoms with Gasteiger partial charge in [-0.2, -0.15) is 5.26 Å². The lowest BCUT2D eigenvalue weighted by Crippen LogP contribution is -2.66. The number of Topliss-reactive ketones (excluding diaryl/α,β-unsaturated/α-hetero) is 1. The van der Waals surface area contributed by atoms with E-state index >= 15 is 0 Å². The van der Waals surface area contributed by atoms with Crippen molar-refractivity contribution in [3.05, 3.63) is 47.5 Å². The number of carbonyl (C=O) groups is 2. The zero-order valence-electron chi connectivity index (χ0n) is 27.0. The number of ether oxygens (including phenoxy) is 1. The fourth-order valence-corrected chi connectivity index (χ4v) is 11.8. The van der Waals surface area contributed by atoms with Crippen LogP contribution in [0.1, 0.15) is 105 Å². The predicted octanol–water partition coefficient (Wildman–Crippen LogP) is 8.71. The van der Waals surface area contributed by atoms with Crippen molar-refractivity contribution in [3.63, 3.8) is 0 Å². The zero-order valence-corrected chi connectivity index (χ0v) is 27.0. The van der Waals surface area contributed by atoms with Crippen molar-refractivity contribution in [1.82, 2.24) is 0 Å². The fourth-order valence-electron chi connectivity index (χ4n) is 11.8. The van der Waals surface area contributed by atoms with Crippen LogP contribution in [0.2, 0.25) is 0 Å². The van der Waals surface area contributed by atoms with Crippen LogP contribution in [0, 0.1) is 73.9 Å². The summed E-state index contributed by atoms with van der Waals surface area (Å²) in [5.74, 6) is 1.52. The molecule has 5 aliphatic carbocycles. The Labute approximate surface area is 253 Å². The molecule has 4 nitrogen and oxygen atoms in total. The summed E-state index contributed by atoms with van der Waals surface area (Å²) in [4.78, 5) is 27.6. The quantitative estimate of drug-likeness (QED) is 0.270. The average molecular weight is 570 g/mol. The van der Waals surface area contributed by atoms with Crippen LogP contribution >= 0.6 is 0 Å². The molecule has 0 amide bonds. The Balaban J connectivity index is 1.39. The van der Waals surface area contributed by atoms with Crippen molar-refractivity contribution in [1.29, 1.82) is 5.26 Å². The number of esters is 1. The van der Waals surface area contributed by atoms with E-state index in [0.717, 1.165) is 50.5 Å². The van der Waals surface area contributed by atoms with E-state index in [2.05, 4.69) is 60.6 Å². The Hall–Kier alpha value is -2.41. The number of nitrogens with zero attached hydrogens (tertiary/aromatic N) is 1. The first-order valence-electron chi connectivity index (χ1n) is 16.6. The van der Waals surface area contributed by atoms with Gasteiger partial charge < -0.3 is 4.74 Å². The molecule has 0 spiro atoms. The Morgan fingerprint density at radius 1 is 0.976 bits per heavy atom. The normalized spacial score (nSPS) is 45.7. The van der Waals surface area contributed by atoms with Crippen LogP contribution in [-0.2, 0) is 20.9 Å². The molecule has 4 saturated carbocycles. The number of nitriles is 1. The molecule has 0 heterocycles. The number of hydrogen-bond donors (Lipinski definition) is 0. The molecule has 6 unspecified atom stereocenters. The maximum Gasteiger partial charge on any atom is 0.313 e. The van der Waals surface area contributed by atoms with Gasteiger partial charge in [-0.05, 0) is 103 Å². The number of rotatable bonds is 3. The third-order valence-electron chi connectivity index (χ3n) is 14.5. The van der Waals surface area contributed by atoms with Crippen molar-refractivity contribution >= 4 is 11.8 Å². The van der Waals surface area contributed by atoms with Crippen LogP contribution in [0.15, 0.2) is 42.0 Å². The van der Waals surface area contributed by atoms with Gasteiger partial charge in [-0.1, -0.05) is 90.4 Å². The second kappa shape index (κ2) is 9.80. The smallest absolute Gasteiger partial charge is 0.313 e. The minimum atomic E-state index is -0.514. The third kappa shape index (κ3) is 3.83. The SMILES string of the molecule is CC1CC[C@]2(C(=O)OCc3ccccc3)CC[C@]3(C)C(=CCC4[C@@]5(C)CC(C#N)C(=O)C(C)(C)C5CC[C@]43C)C2C1C. The van der Waals surface area contributed by atoms with Gasteiger partial charge in [0.1, 0.15) is 12.5 Å². The number of allylic oxidation sites excluding steroid dienone is 2. The van der Waals surface area contributed by atoms with Gasteiger partial charge in [-0.15, -0.1) is 0 Å². The van der Waals surface area contributed by atoms with E-state index in [1.165, 1.54) is 5.57 Å². The molecule has 0 aromatic heterocycles. The molecule has 1 aromatic carbocycles. The molecular formula is C38H51NO3. The molecule has 4 fully saturated rings. The molecule has 42 heavy (non-hydrogen) atoms. The number of fused-ring (bicyclic) bond motifs is 7. The number of benzene rings is 1. The minimum Gasteiger partial charge on any atom is -0.460 e. The number of ketones is 1. The second-order valence-corrected chi connectivity index (χ2v) is 16.3. The van der Waals surface area contributed by atoms with E-state index in [1.807, 2.05) is 30.3 Å². The summed E-state index contributed by atoms with van der Waals surface area (Å²) >= 11 is 0. The molecule has 0 saturated heterocycles. The summed E-state index contributed by atoms with van der Waals surface area (Å²) in [6, 6.07) is 12.5. The summed E-state index contributed by atoms with van der Waals surface area (Å²) in [7, 11) is 0. The predicted molar refractivity (Wildman–Crippen MR) is 165 cm³/mol. The molecule has 1 aromatic rings. The fraction of sp³-hybridized carbons (Fsp3) is 0.711. The largest absolute Gasteiger partial charge is 0.460 e. The Morgan fingerprint density at radius 3 is 2.38 bits per heavy atom. The van der Waals surface area contributed by atoms with Gasteiger partial charge in [0.05, 0.1) is 11.5 Å². The van der Waals surface area contributed by atoms with Crippen LogP contribution in [0.25, 0.3) is 0 Å². The first-order chi connectivity index (χ1) is 19.8. The first kappa shape index (κ1) is 29.7. The van der Waals surface area contributed by atoms with E-state index in [9.17, 15) is 14.9 Å². The highest BCUT2D eigenvalue weighted by Gasteiger charge is 2.70. The average Bonchev–Trinajstić information content (AvgIpc) is 2.96. The van der Waals surface area contributed by atoms with Crippen LogP contribution in [0.5, 0.6) is 0 Å². The lowest BCUT2D eigenvalue weighted by Gasteiger charge is -2.71. The second-order valence-electron chi connectivity index (χ2n) is 16.3. The molecular weight excluding hydrogens is 518 g/mol. The highest BCUT2D eigenvalue weighted by atomic mass is 16.5. The molecule has 0 N–H and O–H groups in total. The summed E-state index contributed by atoms with van der Waals surface area (Å²) in [5.41, 5.74) is 1.60. The molecule has 4 heteroatoms. The number of hydrogen-bond acceptors (Lipinski definition) is 4. The van der Waals surface area contributed by atoms with Crippen molar-refractivity contribution < 1.29 is 14.3 Å². The van der Waals surface area contributed by atoms with Crippen molar-refractivity contribution in [2.24, 2.45) is 62.6 Å². The standard InChI is InChI=1S/C38H51NO3/c1-24-15-18-38(33(41)42-23-26-11-9-8-10-12-26)20-19-36(6)28(31(38)25(24)2)13-14-30-35(5)21-27(22-39)32(40)34(3,4)29(35)16-17-37(30,36)7/h8-13,24-25,27,29-31H,14-21,23H2,1-7H3/t24?,25?,27?,29?,30?,31?,35-,36+,37+,38-/m0/s1. The van der Waals surface area contributed by atoms with Gasteiger partial charge >= 0.3 is 5.97 Å². The summed E-state index contributed by atoms with van der Waals surface area (Å²) in [6.45, 7) is 16.8. The van der Waals surface area contributed by atoms with E-state index in [4.69, 9.17) is 4.74 Å². The zero-order chi connectivity index (χ0) is 30.3. The maximum absolute atomic E-state index is 14.2. The van der Waals surface area contributed by atoms with Gasteiger partial charge in [0, 0.05) is 5.41 Å². The van der Waals surface area contributed by atoms with E-state index in [1.54, 1.807) is 0 Å². The Kier molecular flexibility index (Phi) is 6.92. The van der Waals surface area contributed by atoms with Crippen molar-refractivity contribution in [3.8, 4) is 6.07 Å². The lowest BCUT2D eigenvalue weighted by molar-refractivity contribution is -0.196. The van der Waals surface area contributed by atoms with Gasteiger partial charge in [0.2, 0.25) is 0 Å². The molecule has 10 atom stereocenters. The number of carbonyl (C=O) groups excluding carboxylic acids is 2. The van der Waals surface area contributed by atoms with Crippen LogP contribution in [0.3, 0.4) is 0 Å². The minimum absolute atomic E-state index is 0.00500. The van der Waals surface area contributed by atoms with Gasteiger partial charge in [0.15, 0.2) is 5.78 Å². The van der Waals surface area contributed by atoms with Crippen LogP contribution in [0.4, 0.5) is 0 Å². The topological polar surface area (TPSA) is 67.2 Å². The Bertz CT molecular complexity index is 1340. The molecule has 226 valence electrons. The first-order valence-corrected chi connectivity index (χ1v) is 16.6. The lowest BCUT2D eigenvalue weighted by atomic mass is 9.33. The highest BCUT2D eigenvalue weighted by molar-refractivity contribution is 5.89. The molecule has 6 rings (SSSR count). The molecule has 0 radical (unpaired) electrons. The van der Waals surface area contributed by atoms with Crippen molar-refractivity contribution in [2.75, 3.05) is 0 Å². The molecule has 0 aliphatic heterocycles. The molecule has 0 bridgehead atoms. The van der Waals surface area contributed by atoms with Gasteiger partial charge in [0.25, 0.3) is 0 Å². The summed E-state index contributed by atoms with van der Waals surface area (Å²) < 4.78 is 6.17. The monoisotopic (exact) mass is 569 g/mol. The van der Waals surface area contributed by atoms with Crippen LogP contribution < -0.4 is 0 Å². The van der Waals surface area contributed by atoms with E-state index < -0.39 is 16.7 Å². The summed E-state index contributed by atoms with van der Waals surface area (Å²) in [5, 5.41) is 10.1. The van der Waals surface area contributed by atoms with Crippen molar-refractivity contribution in [2.45, 2.75) is 106 Å². The van der Waals surface area contributed by atoms with E-state index in [0.29, 0.717) is 36.7 Å². The highest BCUT2D eigenvalue weighted by Crippen LogP contribution is 2.75. The van der Waals surface area contributed by atoms with Gasteiger partial charge in [-0.25, -0.2) is 0 Å². The third-order valence-corrected chi connectivity index (χ3v) is 14.5.